The van der Waals surface area contributed by atoms with Gasteiger partial charge in [0.05, 0.1) is 11.3 Å². The van der Waals surface area contributed by atoms with Crippen molar-refractivity contribution in [1.29, 1.82) is 0 Å². The molecule has 1 N–H and O–H groups in total. The second-order valence-electron chi connectivity index (χ2n) is 4.94. The summed E-state index contributed by atoms with van der Waals surface area (Å²) in [7, 11) is 0. The quantitative estimate of drug-likeness (QED) is 0.378. The molecule has 116 valence electrons. The lowest BCUT2D eigenvalue weighted by atomic mass is 10.2. The van der Waals surface area contributed by atoms with Crippen molar-refractivity contribution in [2.45, 2.75) is 11.9 Å². The standard InChI is InChI=1S/C17H14IN3OS/c1-11-19-15-5-3-2-4-14(15)17(20-11)23-10-16(22)21-13-8-6-12(18)7-9-13/h2-9H,10H2,1H3,(H,21,22). The Balaban J connectivity index is 1.70. The molecule has 0 aliphatic carbocycles. The minimum absolute atomic E-state index is 0.0449. The maximum atomic E-state index is 12.1. The number of carbonyl (C=O) groups excluding carboxylic acids is 1. The van der Waals surface area contributed by atoms with Crippen LogP contribution in [0.25, 0.3) is 10.9 Å². The zero-order valence-corrected chi connectivity index (χ0v) is 15.4. The molecule has 0 saturated heterocycles. The van der Waals surface area contributed by atoms with Crippen molar-refractivity contribution in [3.63, 3.8) is 0 Å². The summed E-state index contributed by atoms with van der Waals surface area (Å²) in [6, 6.07) is 15.6. The van der Waals surface area contributed by atoms with Gasteiger partial charge in [-0.05, 0) is 59.8 Å². The molecule has 4 nitrogen and oxygen atoms in total. The van der Waals surface area contributed by atoms with Crippen molar-refractivity contribution in [1.82, 2.24) is 9.97 Å². The summed E-state index contributed by atoms with van der Waals surface area (Å²) >= 11 is 3.66. The average molecular weight is 435 g/mol. The highest BCUT2D eigenvalue weighted by Gasteiger charge is 2.09. The number of hydrogen-bond acceptors (Lipinski definition) is 4. The van der Waals surface area contributed by atoms with Gasteiger partial charge in [0.25, 0.3) is 0 Å². The lowest BCUT2D eigenvalue weighted by Crippen LogP contribution is -2.14. The van der Waals surface area contributed by atoms with E-state index < -0.39 is 0 Å². The van der Waals surface area contributed by atoms with Crippen LogP contribution < -0.4 is 5.32 Å². The molecule has 2 aromatic carbocycles. The van der Waals surface area contributed by atoms with Crippen LogP contribution >= 0.6 is 34.4 Å². The summed E-state index contributed by atoms with van der Waals surface area (Å²) < 4.78 is 1.14. The summed E-state index contributed by atoms with van der Waals surface area (Å²) in [5, 5.41) is 4.71. The van der Waals surface area contributed by atoms with Crippen LogP contribution in [0.3, 0.4) is 0 Å². The van der Waals surface area contributed by atoms with Gasteiger partial charge >= 0.3 is 0 Å². The van der Waals surface area contributed by atoms with E-state index in [1.807, 2.05) is 55.5 Å². The molecule has 23 heavy (non-hydrogen) atoms. The first-order valence-electron chi connectivity index (χ1n) is 7.03. The summed E-state index contributed by atoms with van der Waals surface area (Å²) in [5.74, 6) is 0.979. The molecule has 0 bridgehead atoms. The fourth-order valence-electron chi connectivity index (χ4n) is 2.13. The SMILES string of the molecule is Cc1nc(SCC(=O)Nc2ccc(I)cc2)c2ccccc2n1. The zero-order valence-electron chi connectivity index (χ0n) is 12.4. The van der Waals surface area contributed by atoms with Crippen molar-refractivity contribution in [3.05, 3.63) is 57.9 Å². The number of hydrogen-bond donors (Lipinski definition) is 1. The second-order valence-corrected chi connectivity index (χ2v) is 7.15. The van der Waals surface area contributed by atoms with E-state index in [0.29, 0.717) is 11.6 Å². The lowest BCUT2D eigenvalue weighted by Gasteiger charge is -2.07. The Hall–Kier alpha value is -1.67. The highest BCUT2D eigenvalue weighted by molar-refractivity contribution is 14.1. The Morgan fingerprint density at radius 1 is 1.13 bits per heavy atom. The topological polar surface area (TPSA) is 54.9 Å². The van der Waals surface area contributed by atoms with Gasteiger partial charge < -0.3 is 5.32 Å². The predicted molar refractivity (Wildman–Crippen MR) is 103 cm³/mol. The van der Waals surface area contributed by atoms with E-state index in [2.05, 4.69) is 37.9 Å². The van der Waals surface area contributed by atoms with E-state index >= 15 is 0 Å². The molecule has 0 saturated carbocycles. The summed E-state index contributed by atoms with van der Waals surface area (Å²) in [6.07, 6.45) is 0. The van der Waals surface area contributed by atoms with Crippen molar-refractivity contribution in [2.24, 2.45) is 0 Å². The van der Waals surface area contributed by atoms with Crippen LogP contribution in [-0.4, -0.2) is 21.6 Å². The van der Waals surface area contributed by atoms with Crippen molar-refractivity contribution >= 4 is 56.9 Å². The van der Waals surface area contributed by atoms with Crippen LogP contribution in [0.1, 0.15) is 5.82 Å². The molecule has 0 aliphatic heterocycles. The number of benzene rings is 2. The molecule has 1 heterocycles. The predicted octanol–water partition coefficient (Wildman–Crippen LogP) is 4.27. The Morgan fingerprint density at radius 2 is 1.87 bits per heavy atom. The van der Waals surface area contributed by atoms with Gasteiger partial charge in [-0.25, -0.2) is 9.97 Å². The lowest BCUT2D eigenvalue weighted by molar-refractivity contribution is -0.113. The van der Waals surface area contributed by atoms with E-state index in [1.165, 1.54) is 11.8 Å². The van der Waals surface area contributed by atoms with E-state index in [-0.39, 0.29) is 5.91 Å². The highest BCUT2D eigenvalue weighted by Crippen LogP contribution is 2.25. The summed E-state index contributed by atoms with van der Waals surface area (Å²) in [5.41, 5.74) is 1.71. The van der Waals surface area contributed by atoms with Crippen molar-refractivity contribution < 1.29 is 4.79 Å². The number of aryl methyl sites for hydroxylation is 1. The number of anilines is 1. The van der Waals surface area contributed by atoms with Gasteiger partial charge in [-0.1, -0.05) is 30.0 Å². The third-order valence-corrected chi connectivity index (χ3v) is 4.86. The van der Waals surface area contributed by atoms with Gasteiger partial charge in [0.1, 0.15) is 10.9 Å². The Labute approximate surface area is 152 Å². The molecular formula is C17H14IN3OS. The third kappa shape index (κ3) is 4.20. The number of nitrogens with zero attached hydrogens (tertiary/aromatic N) is 2. The molecule has 0 fully saturated rings. The maximum Gasteiger partial charge on any atom is 0.234 e. The molecule has 0 spiro atoms. The smallest absolute Gasteiger partial charge is 0.234 e. The Morgan fingerprint density at radius 3 is 2.65 bits per heavy atom. The number of thioether (sulfide) groups is 1. The number of amides is 1. The van der Waals surface area contributed by atoms with Gasteiger partial charge in [-0.3, -0.25) is 4.79 Å². The Bertz CT molecular complexity index is 852. The van der Waals surface area contributed by atoms with E-state index in [9.17, 15) is 4.79 Å². The number of halogens is 1. The zero-order chi connectivity index (χ0) is 16.2. The number of nitrogens with one attached hydrogen (secondary N) is 1. The first-order chi connectivity index (χ1) is 11.1. The normalized spacial score (nSPS) is 10.7. The number of rotatable bonds is 4. The van der Waals surface area contributed by atoms with Crippen LogP contribution in [0.2, 0.25) is 0 Å². The minimum Gasteiger partial charge on any atom is -0.325 e. The monoisotopic (exact) mass is 435 g/mol. The van der Waals surface area contributed by atoms with Crippen LogP contribution in [-0.2, 0) is 4.79 Å². The molecule has 0 atom stereocenters. The molecule has 3 aromatic rings. The minimum atomic E-state index is -0.0449. The summed E-state index contributed by atoms with van der Waals surface area (Å²) in [4.78, 5) is 21.0. The van der Waals surface area contributed by atoms with Gasteiger partial charge in [-0.2, -0.15) is 0 Å². The number of aromatic nitrogens is 2. The van der Waals surface area contributed by atoms with Crippen LogP contribution in [0.4, 0.5) is 5.69 Å². The molecular weight excluding hydrogens is 421 g/mol. The molecule has 6 heteroatoms. The van der Waals surface area contributed by atoms with Gasteiger partial charge in [-0.15, -0.1) is 0 Å². The molecule has 1 amide bonds. The van der Waals surface area contributed by atoms with Gasteiger partial charge in [0.15, 0.2) is 0 Å². The summed E-state index contributed by atoms with van der Waals surface area (Å²) in [6.45, 7) is 1.86. The number of para-hydroxylation sites is 1. The van der Waals surface area contributed by atoms with E-state index in [4.69, 9.17) is 0 Å². The fourth-order valence-corrected chi connectivity index (χ4v) is 3.36. The van der Waals surface area contributed by atoms with Crippen LogP contribution in [0.15, 0.2) is 53.6 Å². The second kappa shape index (κ2) is 7.27. The average Bonchev–Trinajstić information content (AvgIpc) is 2.54. The van der Waals surface area contributed by atoms with E-state index in [1.54, 1.807) is 0 Å². The van der Waals surface area contributed by atoms with Gasteiger partial charge in [0.2, 0.25) is 5.91 Å². The third-order valence-electron chi connectivity index (χ3n) is 3.15. The Kier molecular flexibility index (Phi) is 5.12. The van der Waals surface area contributed by atoms with E-state index in [0.717, 1.165) is 25.2 Å². The largest absolute Gasteiger partial charge is 0.325 e. The fraction of sp³-hybridized carbons (Fsp3) is 0.118. The first kappa shape index (κ1) is 16.2. The first-order valence-corrected chi connectivity index (χ1v) is 9.10. The van der Waals surface area contributed by atoms with Crippen LogP contribution in [0.5, 0.6) is 0 Å². The molecule has 0 aliphatic rings. The van der Waals surface area contributed by atoms with Crippen LogP contribution in [0, 0.1) is 10.5 Å². The molecule has 0 unspecified atom stereocenters. The van der Waals surface area contributed by atoms with Gasteiger partial charge in [0, 0.05) is 14.6 Å². The van der Waals surface area contributed by atoms with Crippen molar-refractivity contribution in [2.75, 3.05) is 11.1 Å². The molecule has 1 aromatic heterocycles. The highest BCUT2D eigenvalue weighted by atomic mass is 127. The van der Waals surface area contributed by atoms with Crippen molar-refractivity contribution in [3.8, 4) is 0 Å². The molecule has 0 radical (unpaired) electrons. The molecule has 3 rings (SSSR count). The number of carbonyl (C=O) groups is 1. The number of fused-ring (bicyclic) bond motifs is 1. The maximum absolute atomic E-state index is 12.1.